The summed E-state index contributed by atoms with van der Waals surface area (Å²) in [4.78, 5) is 28.8. The Morgan fingerprint density at radius 3 is 2.47 bits per heavy atom. The third kappa shape index (κ3) is 4.27. The summed E-state index contributed by atoms with van der Waals surface area (Å²) in [5.41, 5.74) is 7.14. The molecule has 2 amide bonds. The maximum atomic E-state index is 12.3. The van der Waals surface area contributed by atoms with Gasteiger partial charge in [0.2, 0.25) is 11.8 Å². The van der Waals surface area contributed by atoms with Crippen LogP contribution in [-0.4, -0.2) is 61.2 Å². The highest BCUT2D eigenvalue weighted by Gasteiger charge is 2.35. The first-order chi connectivity index (χ1) is 15.6. The van der Waals surface area contributed by atoms with Crippen LogP contribution in [0, 0.1) is 0 Å². The molecule has 7 heteroatoms. The van der Waals surface area contributed by atoms with Crippen molar-refractivity contribution in [1.82, 2.24) is 15.6 Å². The van der Waals surface area contributed by atoms with Crippen LogP contribution in [0.5, 0.6) is 0 Å². The zero-order chi connectivity index (χ0) is 22.1. The number of fused-ring (bicyclic) bond motifs is 1. The highest BCUT2D eigenvalue weighted by molar-refractivity contribution is 6.01. The van der Waals surface area contributed by atoms with Crippen LogP contribution in [0.2, 0.25) is 0 Å². The Bertz CT molecular complexity index is 871. The molecule has 0 bridgehead atoms. The maximum Gasteiger partial charge on any atom is 0.249 e. The van der Waals surface area contributed by atoms with Gasteiger partial charge in [0, 0.05) is 37.5 Å². The fraction of sp³-hybridized carbons (Fsp3) is 0.640. The van der Waals surface area contributed by atoms with Gasteiger partial charge in [-0.15, -0.1) is 0 Å². The average molecular weight is 438 g/mol. The Morgan fingerprint density at radius 1 is 0.969 bits per heavy atom. The van der Waals surface area contributed by atoms with E-state index in [9.17, 15) is 9.59 Å². The molecule has 172 valence electrons. The molecule has 1 unspecified atom stereocenters. The zero-order valence-electron chi connectivity index (χ0n) is 18.9. The minimum Gasteiger partial charge on any atom is -0.359 e. The van der Waals surface area contributed by atoms with Crippen LogP contribution in [0.15, 0.2) is 23.3 Å². The van der Waals surface area contributed by atoms with E-state index in [1.165, 1.54) is 68.4 Å². The van der Waals surface area contributed by atoms with Gasteiger partial charge in [0.1, 0.15) is 6.04 Å². The van der Waals surface area contributed by atoms with Crippen LogP contribution in [0.25, 0.3) is 0 Å². The molecule has 3 heterocycles. The van der Waals surface area contributed by atoms with Crippen molar-refractivity contribution < 1.29 is 9.59 Å². The molecule has 32 heavy (non-hydrogen) atoms. The summed E-state index contributed by atoms with van der Waals surface area (Å²) in [6.45, 7) is 6.79. The Labute approximate surface area is 190 Å². The van der Waals surface area contributed by atoms with Gasteiger partial charge in [0.05, 0.1) is 0 Å². The number of carbonyl (C=O) groups excluding carboxylic acids is 2. The number of likely N-dealkylation sites (tertiary alicyclic amines) is 1. The number of hydrogen-bond acceptors (Lipinski definition) is 6. The van der Waals surface area contributed by atoms with E-state index in [0.717, 1.165) is 19.0 Å². The monoisotopic (exact) mass is 437 g/mol. The van der Waals surface area contributed by atoms with Crippen LogP contribution in [-0.2, 0) is 16.0 Å². The topological polar surface area (TPSA) is 77.0 Å². The summed E-state index contributed by atoms with van der Waals surface area (Å²) in [6, 6.07) is 7.91. The molecule has 0 radical (unpaired) electrons. The molecule has 3 fully saturated rings. The number of benzene rings is 1. The van der Waals surface area contributed by atoms with Crippen molar-refractivity contribution >= 4 is 24.2 Å². The van der Waals surface area contributed by atoms with Gasteiger partial charge in [-0.1, -0.05) is 12.1 Å². The van der Waals surface area contributed by atoms with Crippen molar-refractivity contribution in [1.29, 1.82) is 0 Å². The molecular formula is C25H35N5O2. The predicted octanol–water partition coefficient (Wildman–Crippen LogP) is 2.55. The second-order valence-corrected chi connectivity index (χ2v) is 9.90. The Hall–Kier alpha value is -2.41. The third-order valence-corrected chi connectivity index (χ3v) is 8.11. The van der Waals surface area contributed by atoms with Crippen molar-refractivity contribution in [3.63, 3.8) is 0 Å². The van der Waals surface area contributed by atoms with E-state index in [1.807, 2.05) is 0 Å². The third-order valence-electron chi connectivity index (χ3n) is 8.11. The standard InChI is InChI=1S/C25H35N5O2/c1-26-28-20-3-5-21(6-4-20)29-13-10-17(11-14-29)18-2-7-22-19(16-18)12-15-30(22)23-8-9-24(31)27-25(23)32/h2,7,16-17,20-21,23,28H,1,3-6,8-15H2,(H,27,31,32). The number of nitrogens with zero attached hydrogens (tertiary/aromatic N) is 3. The number of hydrogen-bond donors (Lipinski definition) is 2. The van der Waals surface area contributed by atoms with E-state index in [1.54, 1.807) is 0 Å². The van der Waals surface area contributed by atoms with Gasteiger partial charge in [-0.25, -0.2) is 0 Å². The lowest BCUT2D eigenvalue weighted by molar-refractivity contribution is -0.134. The van der Waals surface area contributed by atoms with Crippen LogP contribution < -0.4 is 15.6 Å². The first kappa shape index (κ1) is 21.4. The summed E-state index contributed by atoms with van der Waals surface area (Å²) in [6.07, 6.45) is 9.38. The fourth-order valence-electron chi connectivity index (χ4n) is 6.30. The minimum atomic E-state index is -0.212. The molecule has 1 aromatic carbocycles. The summed E-state index contributed by atoms with van der Waals surface area (Å²) >= 11 is 0. The molecule has 1 saturated carbocycles. The number of nitrogens with one attached hydrogen (secondary N) is 2. The SMILES string of the molecule is C=NNC1CCC(N2CCC(c3ccc4c(c3)CCN4C3CCC(=O)NC3=O)CC2)CC1. The molecule has 2 saturated heterocycles. The van der Waals surface area contributed by atoms with Crippen molar-refractivity contribution in [3.8, 4) is 0 Å². The molecule has 0 aromatic heterocycles. The second kappa shape index (κ2) is 9.22. The predicted molar refractivity (Wildman–Crippen MR) is 126 cm³/mol. The van der Waals surface area contributed by atoms with Crippen LogP contribution in [0.4, 0.5) is 5.69 Å². The quantitative estimate of drug-likeness (QED) is 0.421. The Morgan fingerprint density at radius 2 is 1.75 bits per heavy atom. The number of amides is 2. The average Bonchev–Trinajstić information content (AvgIpc) is 3.23. The molecule has 1 aromatic rings. The number of hydrazone groups is 1. The number of rotatable bonds is 5. The lowest BCUT2D eigenvalue weighted by Gasteiger charge is -2.41. The molecule has 7 nitrogen and oxygen atoms in total. The smallest absolute Gasteiger partial charge is 0.249 e. The lowest BCUT2D eigenvalue weighted by Crippen LogP contribution is -2.52. The molecule has 3 aliphatic heterocycles. The summed E-state index contributed by atoms with van der Waals surface area (Å²) in [5.74, 6) is 0.339. The first-order valence-corrected chi connectivity index (χ1v) is 12.3. The normalized spacial score (nSPS) is 29.5. The van der Waals surface area contributed by atoms with E-state index in [0.29, 0.717) is 24.8 Å². The van der Waals surface area contributed by atoms with Gasteiger partial charge in [-0.2, -0.15) is 5.10 Å². The van der Waals surface area contributed by atoms with Crippen LogP contribution in [0.1, 0.15) is 68.4 Å². The highest BCUT2D eigenvalue weighted by atomic mass is 16.2. The first-order valence-electron chi connectivity index (χ1n) is 12.3. The Kier molecular flexibility index (Phi) is 6.17. The van der Waals surface area contributed by atoms with Gasteiger partial charge in [-0.3, -0.25) is 14.9 Å². The lowest BCUT2D eigenvalue weighted by atomic mass is 9.85. The largest absolute Gasteiger partial charge is 0.359 e. The van der Waals surface area contributed by atoms with Crippen molar-refractivity contribution in [2.75, 3.05) is 24.5 Å². The second-order valence-electron chi connectivity index (χ2n) is 9.90. The van der Waals surface area contributed by atoms with E-state index in [4.69, 9.17) is 0 Å². The summed E-state index contributed by atoms with van der Waals surface area (Å²) in [7, 11) is 0. The molecule has 0 spiro atoms. The van der Waals surface area contributed by atoms with E-state index in [-0.39, 0.29) is 17.9 Å². The number of carbonyl (C=O) groups is 2. The zero-order valence-corrected chi connectivity index (χ0v) is 18.9. The van der Waals surface area contributed by atoms with E-state index < -0.39 is 0 Å². The molecule has 4 aliphatic rings. The summed E-state index contributed by atoms with van der Waals surface area (Å²) in [5, 5.41) is 6.36. The molecule has 5 rings (SSSR count). The van der Waals surface area contributed by atoms with Gasteiger partial charge in [-0.05, 0) is 87.6 Å². The molecule has 1 aliphatic carbocycles. The number of imide groups is 1. The van der Waals surface area contributed by atoms with Crippen molar-refractivity contribution in [3.05, 3.63) is 29.3 Å². The van der Waals surface area contributed by atoms with Gasteiger partial charge >= 0.3 is 0 Å². The summed E-state index contributed by atoms with van der Waals surface area (Å²) < 4.78 is 0. The van der Waals surface area contributed by atoms with Crippen molar-refractivity contribution in [2.45, 2.75) is 81.8 Å². The molecule has 2 N–H and O–H groups in total. The fourth-order valence-corrected chi connectivity index (χ4v) is 6.30. The van der Waals surface area contributed by atoms with Crippen LogP contribution >= 0.6 is 0 Å². The minimum absolute atomic E-state index is 0.142. The van der Waals surface area contributed by atoms with Gasteiger partial charge in [0.25, 0.3) is 0 Å². The maximum absolute atomic E-state index is 12.3. The van der Waals surface area contributed by atoms with E-state index in [2.05, 4.69) is 50.6 Å². The van der Waals surface area contributed by atoms with E-state index >= 15 is 0 Å². The van der Waals surface area contributed by atoms with Crippen LogP contribution in [0.3, 0.4) is 0 Å². The number of piperidine rings is 2. The molecular weight excluding hydrogens is 402 g/mol. The highest BCUT2D eigenvalue weighted by Crippen LogP contribution is 2.37. The van der Waals surface area contributed by atoms with Crippen molar-refractivity contribution in [2.24, 2.45) is 5.10 Å². The molecule has 1 atom stereocenters. The number of anilines is 1. The van der Waals surface area contributed by atoms with Gasteiger partial charge < -0.3 is 15.2 Å². The van der Waals surface area contributed by atoms with Gasteiger partial charge in [0.15, 0.2) is 0 Å². The Balaban J connectivity index is 1.18.